The molecular formula is C11H14BrNO2S. The third-order valence-corrected chi connectivity index (χ3v) is 5.14. The van der Waals surface area contributed by atoms with Gasteiger partial charge in [0.1, 0.15) is 0 Å². The fourth-order valence-electron chi connectivity index (χ4n) is 1.04. The van der Waals surface area contributed by atoms with Gasteiger partial charge < -0.3 is 0 Å². The molecule has 0 saturated heterocycles. The lowest BCUT2D eigenvalue weighted by atomic mass is 10.0. The molecule has 0 aliphatic carbocycles. The maximum atomic E-state index is 10.8. The van der Waals surface area contributed by atoms with Gasteiger partial charge in [0.05, 0.1) is 9.82 Å². The number of alkyl halides is 1. The zero-order chi connectivity index (χ0) is 12.2. The minimum atomic E-state index is -0.330. The van der Waals surface area contributed by atoms with E-state index in [1.807, 2.05) is 6.07 Å². The van der Waals surface area contributed by atoms with Crippen molar-refractivity contribution < 1.29 is 4.92 Å². The highest BCUT2D eigenvalue weighted by molar-refractivity contribution is 9.09. The molecule has 5 heteroatoms. The second-order valence-electron chi connectivity index (χ2n) is 4.31. The Labute approximate surface area is 108 Å². The first kappa shape index (κ1) is 13.5. The quantitative estimate of drug-likeness (QED) is 0.356. The first-order valence-electron chi connectivity index (χ1n) is 4.88. The molecule has 0 aliphatic rings. The monoisotopic (exact) mass is 303 g/mol. The van der Waals surface area contributed by atoms with E-state index < -0.39 is 0 Å². The van der Waals surface area contributed by atoms with Gasteiger partial charge in [-0.1, -0.05) is 41.9 Å². The molecule has 0 spiro atoms. The summed E-state index contributed by atoms with van der Waals surface area (Å²) in [4.78, 5) is 11.2. The van der Waals surface area contributed by atoms with Gasteiger partial charge in [0.15, 0.2) is 0 Å². The summed E-state index contributed by atoms with van der Waals surface area (Å²) >= 11 is 4.98. The average molecular weight is 304 g/mol. The van der Waals surface area contributed by atoms with Gasteiger partial charge >= 0.3 is 0 Å². The van der Waals surface area contributed by atoms with Crippen LogP contribution in [-0.2, 0) is 0 Å². The van der Waals surface area contributed by atoms with Crippen molar-refractivity contribution in [3.63, 3.8) is 0 Å². The molecule has 1 rings (SSSR count). The number of hydrogen-bond acceptors (Lipinski definition) is 3. The van der Waals surface area contributed by atoms with Crippen molar-refractivity contribution in [1.29, 1.82) is 0 Å². The van der Waals surface area contributed by atoms with Crippen molar-refractivity contribution in [2.24, 2.45) is 5.41 Å². The van der Waals surface area contributed by atoms with Gasteiger partial charge in [-0.25, -0.2) is 0 Å². The van der Waals surface area contributed by atoms with Crippen LogP contribution in [0.5, 0.6) is 0 Å². The third kappa shape index (κ3) is 3.79. The van der Waals surface area contributed by atoms with Crippen molar-refractivity contribution in [2.75, 3.05) is 11.1 Å². The number of nitro groups is 1. The first-order chi connectivity index (χ1) is 7.46. The molecule has 0 unspecified atom stereocenters. The Hall–Kier alpha value is -0.550. The maximum absolute atomic E-state index is 10.8. The Morgan fingerprint density at radius 3 is 2.62 bits per heavy atom. The van der Waals surface area contributed by atoms with E-state index in [-0.39, 0.29) is 16.0 Å². The number of benzene rings is 1. The third-order valence-electron chi connectivity index (χ3n) is 2.04. The second-order valence-corrected chi connectivity index (χ2v) is 5.89. The fourth-order valence-corrected chi connectivity index (χ4v) is 2.62. The lowest BCUT2D eigenvalue weighted by Crippen LogP contribution is -2.16. The van der Waals surface area contributed by atoms with Crippen LogP contribution >= 0.6 is 27.7 Å². The number of nitro benzene ring substituents is 1. The van der Waals surface area contributed by atoms with Crippen LogP contribution in [0.25, 0.3) is 0 Å². The molecule has 0 aromatic heterocycles. The molecule has 0 radical (unpaired) electrons. The molecule has 3 nitrogen and oxygen atoms in total. The second kappa shape index (κ2) is 5.68. The maximum Gasteiger partial charge on any atom is 0.282 e. The fraction of sp³-hybridized carbons (Fsp3) is 0.455. The largest absolute Gasteiger partial charge is 0.282 e. The summed E-state index contributed by atoms with van der Waals surface area (Å²) in [7, 11) is 0. The van der Waals surface area contributed by atoms with E-state index >= 15 is 0 Å². The van der Waals surface area contributed by atoms with Crippen molar-refractivity contribution in [3.05, 3.63) is 34.4 Å². The zero-order valence-electron chi connectivity index (χ0n) is 9.27. The Morgan fingerprint density at radius 1 is 1.44 bits per heavy atom. The molecule has 0 aliphatic heterocycles. The lowest BCUT2D eigenvalue weighted by molar-refractivity contribution is -0.387. The van der Waals surface area contributed by atoms with Gasteiger partial charge in [-0.2, -0.15) is 0 Å². The van der Waals surface area contributed by atoms with E-state index in [0.29, 0.717) is 0 Å². The van der Waals surface area contributed by atoms with Gasteiger partial charge in [0.25, 0.3) is 5.69 Å². The Morgan fingerprint density at radius 2 is 2.06 bits per heavy atom. The van der Waals surface area contributed by atoms with Crippen molar-refractivity contribution >= 4 is 33.4 Å². The SMILES string of the molecule is CC(C)(CBr)CSc1ccccc1[N+](=O)[O-]. The summed E-state index contributed by atoms with van der Waals surface area (Å²) in [5.41, 5.74) is 0.326. The highest BCUT2D eigenvalue weighted by atomic mass is 79.9. The molecular weight excluding hydrogens is 290 g/mol. The minimum Gasteiger partial charge on any atom is -0.258 e. The molecule has 0 amide bonds. The van der Waals surface area contributed by atoms with Crippen LogP contribution < -0.4 is 0 Å². The summed E-state index contributed by atoms with van der Waals surface area (Å²) in [5, 5.41) is 11.7. The Kier molecular flexibility index (Phi) is 4.80. The van der Waals surface area contributed by atoms with Gasteiger partial charge in [0, 0.05) is 17.1 Å². The lowest BCUT2D eigenvalue weighted by Gasteiger charge is -2.20. The molecule has 1 aromatic rings. The average Bonchev–Trinajstić information content (AvgIpc) is 2.27. The standard InChI is InChI=1S/C11H14BrNO2S/c1-11(2,7-12)8-16-10-6-4-3-5-9(10)13(14)15/h3-6H,7-8H2,1-2H3. The molecule has 0 fully saturated rings. The van der Waals surface area contributed by atoms with E-state index in [2.05, 4.69) is 29.8 Å². The summed E-state index contributed by atoms with van der Waals surface area (Å²) in [6.45, 7) is 4.26. The first-order valence-corrected chi connectivity index (χ1v) is 6.99. The summed E-state index contributed by atoms with van der Waals surface area (Å²) in [6, 6.07) is 6.87. The predicted molar refractivity (Wildman–Crippen MR) is 71.4 cm³/mol. The topological polar surface area (TPSA) is 43.1 Å². The Balaban J connectivity index is 2.78. The predicted octanol–water partition coefficient (Wildman–Crippen LogP) is 4.11. The van der Waals surface area contributed by atoms with Crippen molar-refractivity contribution in [1.82, 2.24) is 0 Å². The van der Waals surface area contributed by atoms with Crippen molar-refractivity contribution in [2.45, 2.75) is 18.7 Å². The van der Waals surface area contributed by atoms with Gasteiger partial charge in [-0.05, 0) is 11.5 Å². The zero-order valence-corrected chi connectivity index (χ0v) is 11.7. The molecule has 0 bridgehead atoms. The summed E-state index contributed by atoms with van der Waals surface area (Å²) < 4.78 is 0. The van der Waals surface area contributed by atoms with Gasteiger partial charge in [0.2, 0.25) is 0 Å². The molecule has 0 saturated carbocycles. The van der Waals surface area contributed by atoms with Gasteiger partial charge in [-0.3, -0.25) is 10.1 Å². The molecule has 0 heterocycles. The molecule has 0 atom stereocenters. The van der Waals surface area contributed by atoms with E-state index in [0.717, 1.165) is 16.0 Å². The van der Waals surface area contributed by atoms with Crippen molar-refractivity contribution in [3.8, 4) is 0 Å². The smallest absolute Gasteiger partial charge is 0.258 e. The number of nitrogens with zero attached hydrogens (tertiary/aromatic N) is 1. The summed E-state index contributed by atoms with van der Waals surface area (Å²) in [6.07, 6.45) is 0. The molecule has 1 aromatic carbocycles. The number of halogens is 1. The van der Waals surface area contributed by atoms with Gasteiger partial charge in [-0.15, -0.1) is 11.8 Å². The van der Waals surface area contributed by atoms with E-state index in [1.165, 1.54) is 11.8 Å². The van der Waals surface area contributed by atoms with Crippen LogP contribution in [0, 0.1) is 15.5 Å². The number of rotatable bonds is 5. The number of hydrogen-bond donors (Lipinski definition) is 0. The number of thioether (sulfide) groups is 1. The van der Waals surface area contributed by atoms with Crippen LogP contribution in [0.4, 0.5) is 5.69 Å². The molecule has 16 heavy (non-hydrogen) atoms. The number of para-hydroxylation sites is 1. The van der Waals surface area contributed by atoms with Crippen LogP contribution in [0.2, 0.25) is 0 Å². The van der Waals surface area contributed by atoms with E-state index in [4.69, 9.17) is 0 Å². The van der Waals surface area contributed by atoms with E-state index in [9.17, 15) is 10.1 Å². The van der Waals surface area contributed by atoms with Crippen LogP contribution in [0.3, 0.4) is 0 Å². The normalized spacial score (nSPS) is 11.4. The molecule has 88 valence electrons. The Bertz CT molecular complexity index is 382. The van der Waals surface area contributed by atoms with E-state index in [1.54, 1.807) is 18.2 Å². The molecule has 0 N–H and O–H groups in total. The minimum absolute atomic E-state index is 0.133. The van der Waals surface area contributed by atoms with Crippen LogP contribution in [0.1, 0.15) is 13.8 Å². The summed E-state index contributed by atoms with van der Waals surface area (Å²) in [5.74, 6) is 0.850. The van der Waals surface area contributed by atoms with Crippen LogP contribution in [0.15, 0.2) is 29.2 Å². The highest BCUT2D eigenvalue weighted by Gasteiger charge is 2.19. The van der Waals surface area contributed by atoms with Crippen LogP contribution in [-0.4, -0.2) is 16.0 Å². The highest BCUT2D eigenvalue weighted by Crippen LogP contribution is 2.33.